The summed E-state index contributed by atoms with van der Waals surface area (Å²) in [5.41, 5.74) is 0.881. The number of nitrogens with one attached hydrogen (secondary N) is 1. The first-order valence-corrected chi connectivity index (χ1v) is 12.5. The quantitative estimate of drug-likeness (QED) is 0.768. The lowest BCUT2D eigenvalue weighted by Crippen LogP contribution is -2.47. The van der Waals surface area contributed by atoms with Crippen molar-refractivity contribution in [3.05, 3.63) is 18.1 Å². The van der Waals surface area contributed by atoms with Crippen LogP contribution < -0.4 is 10.1 Å². The highest BCUT2D eigenvalue weighted by atomic mass is 28.4. The summed E-state index contributed by atoms with van der Waals surface area (Å²) in [6.45, 7) is 15.8. The second-order valence-electron chi connectivity index (χ2n) is 9.37. The molecule has 3 rings (SSSR count). The number of methoxy groups -OCH3 is 1. The molecule has 2 saturated heterocycles. The van der Waals surface area contributed by atoms with E-state index in [1.165, 1.54) is 6.33 Å². The second kappa shape index (κ2) is 7.08. The van der Waals surface area contributed by atoms with Gasteiger partial charge in [0.15, 0.2) is 14.1 Å². The second-order valence-corrected chi connectivity index (χ2v) is 14.2. The fourth-order valence-electron chi connectivity index (χ4n) is 3.44. The molecular weight excluding hydrogens is 362 g/mol. The van der Waals surface area contributed by atoms with E-state index in [2.05, 4.69) is 49.1 Å². The molecule has 8 heteroatoms. The van der Waals surface area contributed by atoms with E-state index in [4.69, 9.17) is 18.6 Å². The van der Waals surface area contributed by atoms with Gasteiger partial charge in [0.2, 0.25) is 5.88 Å². The van der Waals surface area contributed by atoms with Gasteiger partial charge in [-0.3, -0.25) is 0 Å². The Balaban J connectivity index is 1.82. The highest BCUT2D eigenvalue weighted by molar-refractivity contribution is 6.74. The van der Waals surface area contributed by atoms with Gasteiger partial charge in [0.25, 0.3) is 0 Å². The fraction of sp³-hybridized carbons (Fsp3) is 0.789. The number of nitrogens with zero attached hydrogens (tertiary/aromatic N) is 2. The maximum absolute atomic E-state index is 6.47. The molecule has 27 heavy (non-hydrogen) atoms. The first-order chi connectivity index (χ1) is 12.5. The third-order valence-electron chi connectivity index (χ3n) is 5.94. The molecule has 152 valence electrons. The van der Waals surface area contributed by atoms with Crippen LogP contribution in [0.2, 0.25) is 18.1 Å². The van der Waals surface area contributed by atoms with Crippen LogP contribution in [0.1, 0.15) is 46.2 Å². The van der Waals surface area contributed by atoms with Crippen molar-refractivity contribution in [3.63, 3.8) is 0 Å². The van der Waals surface area contributed by atoms with Crippen LogP contribution in [-0.2, 0) is 13.9 Å². The summed E-state index contributed by atoms with van der Waals surface area (Å²) in [4.78, 5) is 8.42. The molecule has 4 atom stereocenters. The lowest BCUT2D eigenvalue weighted by molar-refractivity contribution is -0.157. The summed E-state index contributed by atoms with van der Waals surface area (Å²) in [7, 11) is -0.240. The lowest BCUT2D eigenvalue weighted by atomic mass is 10.0. The van der Waals surface area contributed by atoms with Crippen molar-refractivity contribution in [2.75, 3.05) is 13.7 Å². The molecule has 0 spiro atoms. The summed E-state index contributed by atoms with van der Waals surface area (Å²) >= 11 is 0. The molecule has 2 fully saturated rings. The van der Waals surface area contributed by atoms with Crippen LogP contribution in [0.4, 0.5) is 0 Å². The van der Waals surface area contributed by atoms with E-state index >= 15 is 0 Å². The van der Waals surface area contributed by atoms with Gasteiger partial charge >= 0.3 is 0 Å². The van der Waals surface area contributed by atoms with Gasteiger partial charge in [-0.15, -0.1) is 0 Å². The van der Waals surface area contributed by atoms with Gasteiger partial charge in [-0.1, -0.05) is 20.8 Å². The topological polar surface area (TPSA) is 74.7 Å². The number of ether oxygens (including phenoxy) is 3. The standard InChI is InChI=1S/C19H33N3O4Si/c1-18(2,3)27(7,8)24-10-13-15-16(26-19(4,5)25-15)14(22-13)12-9-20-11-21-17(12)23-6/h9,11,13-16,22H,10H2,1-8H3/t13-,14+,15-,16+/m1/s1. The van der Waals surface area contributed by atoms with Crippen molar-refractivity contribution in [1.29, 1.82) is 0 Å². The zero-order chi connectivity index (χ0) is 20.0. The Kier molecular flexibility index (Phi) is 5.42. The summed E-state index contributed by atoms with van der Waals surface area (Å²) in [5, 5.41) is 3.79. The smallest absolute Gasteiger partial charge is 0.221 e. The minimum atomic E-state index is -1.86. The number of hydrogen-bond acceptors (Lipinski definition) is 7. The highest BCUT2D eigenvalue weighted by Crippen LogP contribution is 2.44. The Morgan fingerprint density at radius 3 is 2.52 bits per heavy atom. The summed E-state index contributed by atoms with van der Waals surface area (Å²) < 4.78 is 24.4. The Morgan fingerprint density at radius 2 is 1.89 bits per heavy atom. The van der Waals surface area contributed by atoms with Gasteiger partial charge in [-0.05, 0) is 32.0 Å². The SMILES string of the molecule is COc1ncncc1[C@@H]1N[C@H](CO[Si](C)(C)C(C)(C)C)[C@H]2OC(C)(C)O[C@H]21. The van der Waals surface area contributed by atoms with E-state index in [9.17, 15) is 0 Å². The summed E-state index contributed by atoms with van der Waals surface area (Å²) in [5.74, 6) is -0.0751. The lowest BCUT2D eigenvalue weighted by Gasteiger charge is -2.37. The molecule has 7 nitrogen and oxygen atoms in total. The average Bonchev–Trinajstić information content (AvgIpc) is 3.05. The fourth-order valence-corrected chi connectivity index (χ4v) is 4.47. The maximum atomic E-state index is 6.47. The van der Waals surface area contributed by atoms with Crippen LogP contribution in [0.5, 0.6) is 5.88 Å². The van der Waals surface area contributed by atoms with Gasteiger partial charge in [0.1, 0.15) is 18.5 Å². The van der Waals surface area contributed by atoms with Gasteiger partial charge in [0, 0.05) is 6.20 Å². The van der Waals surface area contributed by atoms with Crippen LogP contribution in [0.25, 0.3) is 0 Å². The van der Waals surface area contributed by atoms with Crippen molar-refractivity contribution in [2.45, 2.75) is 82.8 Å². The van der Waals surface area contributed by atoms with E-state index in [0.717, 1.165) is 5.56 Å². The molecule has 0 unspecified atom stereocenters. The minimum Gasteiger partial charge on any atom is -0.481 e. The summed E-state index contributed by atoms with van der Waals surface area (Å²) in [6, 6.07) is -0.0817. The van der Waals surface area contributed by atoms with Gasteiger partial charge < -0.3 is 24.0 Å². The molecular formula is C19H33N3O4Si. The average molecular weight is 396 g/mol. The first-order valence-electron chi connectivity index (χ1n) is 9.55. The molecule has 0 saturated carbocycles. The number of aromatic nitrogens is 2. The van der Waals surface area contributed by atoms with Gasteiger partial charge in [-0.25, -0.2) is 9.97 Å². The molecule has 0 radical (unpaired) electrons. The number of fused-ring (bicyclic) bond motifs is 1. The van der Waals surface area contributed by atoms with E-state index in [1.807, 2.05) is 13.8 Å². The van der Waals surface area contributed by atoms with Crippen molar-refractivity contribution < 1.29 is 18.6 Å². The normalized spacial score (nSPS) is 30.4. The summed E-state index contributed by atoms with van der Waals surface area (Å²) in [6.07, 6.45) is 3.03. The van der Waals surface area contributed by atoms with Crippen LogP contribution in [0.15, 0.2) is 12.5 Å². The van der Waals surface area contributed by atoms with Crippen LogP contribution in [0.3, 0.4) is 0 Å². The first kappa shape index (κ1) is 20.7. The predicted octanol–water partition coefficient (Wildman–Crippen LogP) is 3.04. The van der Waals surface area contributed by atoms with E-state index < -0.39 is 14.1 Å². The molecule has 2 aliphatic rings. The molecule has 0 aliphatic carbocycles. The zero-order valence-corrected chi connectivity index (χ0v) is 18.7. The van der Waals surface area contributed by atoms with E-state index in [-0.39, 0.29) is 29.3 Å². The van der Waals surface area contributed by atoms with Crippen molar-refractivity contribution in [2.24, 2.45) is 0 Å². The molecule has 0 aromatic carbocycles. The molecule has 0 bridgehead atoms. The Bertz CT molecular complexity index is 677. The van der Waals surface area contributed by atoms with E-state index in [1.54, 1.807) is 13.3 Å². The van der Waals surface area contributed by atoms with E-state index in [0.29, 0.717) is 12.5 Å². The van der Waals surface area contributed by atoms with Crippen molar-refractivity contribution in [3.8, 4) is 5.88 Å². The van der Waals surface area contributed by atoms with Crippen LogP contribution >= 0.6 is 0 Å². The van der Waals surface area contributed by atoms with Crippen LogP contribution in [0, 0.1) is 0 Å². The Labute approximate surface area is 163 Å². The van der Waals surface area contributed by atoms with Crippen LogP contribution in [-0.4, -0.2) is 56.0 Å². The molecule has 2 aliphatic heterocycles. The Morgan fingerprint density at radius 1 is 1.22 bits per heavy atom. The van der Waals surface area contributed by atoms with Gasteiger partial charge in [-0.2, -0.15) is 0 Å². The maximum Gasteiger partial charge on any atom is 0.221 e. The third-order valence-corrected chi connectivity index (χ3v) is 10.4. The molecule has 0 amide bonds. The molecule has 1 N–H and O–H groups in total. The number of hydrogen-bond donors (Lipinski definition) is 1. The van der Waals surface area contributed by atoms with Gasteiger partial charge in [0.05, 0.1) is 31.4 Å². The molecule has 3 heterocycles. The van der Waals surface area contributed by atoms with Crippen molar-refractivity contribution in [1.82, 2.24) is 15.3 Å². The third kappa shape index (κ3) is 4.05. The molecule has 1 aromatic rings. The minimum absolute atomic E-state index is 0.0285. The highest BCUT2D eigenvalue weighted by Gasteiger charge is 2.55. The monoisotopic (exact) mass is 395 g/mol. The number of rotatable bonds is 5. The van der Waals surface area contributed by atoms with Crippen molar-refractivity contribution >= 4 is 8.32 Å². The predicted molar refractivity (Wildman–Crippen MR) is 105 cm³/mol. The zero-order valence-electron chi connectivity index (χ0n) is 17.7. The largest absolute Gasteiger partial charge is 0.481 e. The Hall–Kier alpha value is -1.06. The molecule has 1 aromatic heterocycles.